The van der Waals surface area contributed by atoms with Gasteiger partial charge in [-0.05, 0) is 43.2 Å². The van der Waals surface area contributed by atoms with Gasteiger partial charge in [0.1, 0.15) is 5.58 Å². The smallest absolute Gasteiger partial charge is 0.290 e. The number of aliphatic hydroxyl groups is 1. The van der Waals surface area contributed by atoms with E-state index in [0.29, 0.717) is 34.5 Å². The molecule has 2 aromatic carbocycles. The highest BCUT2D eigenvalue weighted by atomic mass is 35.5. The second kappa shape index (κ2) is 6.83. The van der Waals surface area contributed by atoms with Gasteiger partial charge in [-0.15, -0.1) is 0 Å². The van der Waals surface area contributed by atoms with Gasteiger partial charge < -0.3 is 14.4 Å². The van der Waals surface area contributed by atoms with Crippen molar-refractivity contribution in [2.24, 2.45) is 0 Å². The van der Waals surface area contributed by atoms with Crippen LogP contribution in [0.15, 0.2) is 51.7 Å². The molecule has 5 nitrogen and oxygen atoms in total. The highest BCUT2D eigenvalue weighted by Gasteiger charge is 2.42. The fourth-order valence-electron chi connectivity index (χ4n) is 3.60. The molecule has 0 saturated heterocycles. The molecule has 0 fully saturated rings. The third-order valence-electron chi connectivity index (χ3n) is 4.86. The summed E-state index contributed by atoms with van der Waals surface area (Å²) in [6.07, 6.45) is 0.413. The lowest BCUT2D eigenvalue weighted by molar-refractivity contribution is 0.0716. The first-order valence-corrected chi connectivity index (χ1v) is 9.13. The van der Waals surface area contributed by atoms with E-state index in [1.165, 1.54) is 0 Å². The van der Waals surface area contributed by atoms with Gasteiger partial charge in [-0.2, -0.15) is 0 Å². The minimum absolute atomic E-state index is 0.0456. The molecule has 1 atom stereocenters. The number of hydrogen-bond acceptors (Lipinski definition) is 4. The number of hydrogen-bond donors (Lipinski definition) is 1. The second-order valence-electron chi connectivity index (χ2n) is 6.70. The molecule has 0 radical (unpaired) electrons. The molecule has 0 bridgehead atoms. The first-order valence-electron chi connectivity index (χ1n) is 8.76. The summed E-state index contributed by atoms with van der Waals surface area (Å²) in [4.78, 5) is 27.9. The largest absolute Gasteiger partial charge is 0.450 e. The predicted molar refractivity (Wildman–Crippen MR) is 103 cm³/mol. The first-order chi connectivity index (χ1) is 13.0. The van der Waals surface area contributed by atoms with Crippen LogP contribution in [0.3, 0.4) is 0 Å². The van der Waals surface area contributed by atoms with E-state index in [-0.39, 0.29) is 23.7 Å². The van der Waals surface area contributed by atoms with Gasteiger partial charge in [0.15, 0.2) is 5.43 Å². The molecule has 1 aliphatic heterocycles. The molecule has 27 heavy (non-hydrogen) atoms. The van der Waals surface area contributed by atoms with E-state index < -0.39 is 6.04 Å². The summed E-state index contributed by atoms with van der Waals surface area (Å²) >= 11 is 6.00. The number of rotatable bonds is 4. The summed E-state index contributed by atoms with van der Waals surface area (Å²) in [7, 11) is 0. The number of halogens is 1. The quantitative estimate of drug-likeness (QED) is 0.746. The van der Waals surface area contributed by atoms with E-state index in [2.05, 4.69) is 0 Å². The number of aliphatic hydroxyl groups excluding tert-OH is 1. The van der Waals surface area contributed by atoms with Crippen molar-refractivity contribution in [1.82, 2.24) is 4.90 Å². The summed E-state index contributed by atoms with van der Waals surface area (Å²) in [6, 6.07) is 11.9. The maximum absolute atomic E-state index is 13.3. The van der Waals surface area contributed by atoms with E-state index in [1.54, 1.807) is 41.3 Å². The minimum Gasteiger partial charge on any atom is -0.450 e. The molecule has 4 rings (SSSR count). The maximum Gasteiger partial charge on any atom is 0.290 e. The van der Waals surface area contributed by atoms with Gasteiger partial charge in [0.05, 0.1) is 17.0 Å². The van der Waals surface area contributed by atoms with E-state index in [9.17, 15) is 14.7 Å². The van der Waals surface area contributed by atoms with E-state index in [0.717, 1.165) is 11.1 Å². The SMILES string of the molecule is Cc1ccc2oc3c(c(=O)c2c1)[C@H](c1ccc(Cl)cc1)N(CCCO)C3=O. The lowest BCUT2D eigenvalue weighted by Gasteiger charge is -2.24. The highest BCUT2D eigenvalue weighted by Crippen LogP contribution is 2.38. The molecule has 1 aliphatic rings. The molecule has 0 saturated carbocycles. The van der Waals surface area contributed by atoms with E-state index >= 15 is 0 Å². The summed E-state index contributed by atoms with van der Waals surface area (Å²) in [5.74, 6) is -0.257. The van der Waals surface area contributed by atoms with Crippen LogP contribution in [0.25, 0.3) is 11.0 Å². The Morgan fingerprint density at radius 2 is 1.89 bits per heavy atom. The van der Waals surface area contributed by atoms with Gasteiger partial charge in [-0.1, -0.05) is 35.4 Å². The summed E-state index contributed by atoms with van der Waals surface area (Å²) in [5, 5.41) is 10.3. The number of nitrogens with zero attached hydrogens (tertiary/aromatic N) is 1. The number of benzene rings is 2. The minimum atomic E-state index is -0.558. The fourth-order valence-corrected chi connectivity index (χ4v) is 3.72. The Morgan fingerprint density at radius 1 is 1.15 bits per heavy atom. The fraction of sp³-hybridized carbons (Fsp3) is 0.238. The van der Waals surface area contributed by atoms with Crippen molar-refractivity contribution < 1.29 is 14.3 Å². The standard InChI is InChI=1S/C21H18ClNO4/c1-12-3-8-16-15(11-12)19(25)17-18(13-4-6-14(22)7-5-13)23(9-2-10-24)21(26)20(17)27-16/h3-8,11,18,24H,2,9-10H2,1H3/t18-/m0/s1. The lowest BCUT2D eigenvalue weighted by atomic mass is 9.98. The zero-order valence-corrected chi connectivity index (χ0v) is 15.5. The molecule has 1 aromatic heterocycles. The molecule has 3 aromatic rings. The molecule has 6 heteroatoms. The predicted octanol–water partition coefficient (Wildman–Crippen LogP) is 3.68. The van der Waals surface area contributed by atoms with Crippen molar-refractivity contribution in [2.45, 2.75) is 19.4 Å². The van der Waals surface area contributed by atoms with Crippen LogP contribution < -0.4 is 5.43 Å². The average molecular weight is 384 g/mol. The molecule has 0 aliphatic carbocycles. The number of fused-ring (bicyclic) bond motifs is 2. The van der Waals surface area contributed by atoms with Crippen molar-refractivity contribution in [1.29, 1.82) is 0 Å². The molecule has 1 N–H and O–H groups in total. The van der Waals surface area contributed by atoms with Crippen LogP contribution in [-0.2, 0) is 0 Å². The van der Waals surface area contributed by atoms with Crippen LogP contribution in [0.2, 0.25) is 5.02 Å². The third-order valence-corrected chi connectivity index (χ3v) is 5.12. The van der Waals surface area contributed by atoms with Crippen LogP contribution in [0.4, 0.5) is 0 Å². The molecule has 0 unspecified atom stereocenters. The molecular weight excluding hydrogens is 366 g/mol. The normalized spacial score (nSPS) is 16.2. The Hall–Kier alpha value is -2.63. The monoisotopic (exact) mass is 383 g/mol. The Balaban J connectivity index is 1.97. The molecule has 1 amide bonds. The van der Waals surface area contributed by atoms with Crippen molar-refractivity contribution >= 4 is 28.5 Å². The second-order valence-corrected chi connectivity index (χ2v) is 7.14. The molecular formula is C21H18ClNO4. The summed E-state index contributed by atoms with van der Waals surface area (Å²) < 4.78 is 5.86. The van der Waals surface area contributed by atoms with Gasteiger partial charge in [0.2, 0.25) is 5.76 Å². The maximum atomic E-state index is 13.3. The van der Waals surface area contributed by atoms with E-state index in [4.69, 9.17) is 16.0 Å². The van der Waals surface area contributed by atoms with Gasteiger partial charge in [-0.25, -0.2) is 0 Å². The van der Waals surface area contributed by atoms with Crippen LogP contribution in [0, 0.1) is 6.92 Å². The Bertz CT molecular complexity index is 1090. The first kappa shape index (κ1) is 17.8. The highest BCUT2D eigenvalue weighted by molar-refractivity contribution is 6.30. The average Bonchev–Trinajstić information content (AvgIpc) is 2.94. The van der Waals surface area contributed by atoms with Crippen molar-refractivity contribution in [3.05, 3.63) is 80.2 Å². The van der Waals surface area contributed by atoms with Crippen molar-refractivity contribution in [3.63, 3.8) is 0 Å². The number of amides is 1. The van der Waals surface area contributed by atoms with Gasteiger partial charge >= 0.3 is 0 Å². The molecule has 2 heterocycles. The summed E-state index contributed by atoms with van der Waals surface area (Å²) in [6.45, 7) is 2.18. The zero-order chi connectivity index (χ0) is 19.1. The van der Waals surface area contributed by atoms with E-state index in [1.807, 2.05) is 13.0 Å². The number of carbonyl (C=O) groups is 1. The van der Waals surface area contributed by atoms with Crippen LogP contribution in [0.1, 0.15) is 39.7 Å². The van der Waals surface area contributed by atoms with Gasteiger partial charge in [-0.3, -0.25) is 9.59 Å². The molecule has 138 valence electrons. The van der Waals surface area contributed by atoms with Gasteiger partial charge in [0.25, 0.3) is 5.91 Å². The Morgan fingerprint density at radius 3 is 2.59 bits per heavy atom. The van der Waals surface area contributed by atoms with Crippen molar-refractivity contribution in [2.75, 3.05) is 13.2 Å². The van der Waals surface area contributed by atoms with Crippen LogP contribution in [0.5, 0.6) is 0 Å². The van der Waals surface area contributed by atoms with Crippen LogP contribution >= 0.6 is 11.6 Å². The Kier molecular flexibility index (Phi) is 4.50. The van der Waals surface area contributed by atoms with Gasteiger partial charge in [0, 0.05) is 18.2 Å². The van der Waals surface area contributed by atoms with Crippen LogP contribution in [-0.4, -0.2) is 29.1 Å². The lowest BCUT2D eigenvalue weighted by Crippen LogP contribution is -2.31. The topological polar surface area (TPSA) is 70.8 Å². The number of carbonyl (C=O) groups excluding carboxylic acids is 1. The number of aryl methyl sites for hydroxylation is 1. The zero-order valence-electron chi connectivity index (χ0n) is 14.7. The Labute approximate surface area is 160 Å². The summed E-state index contributed by atoms with van der Waals surface area (Å²) in [5.41, 5.74) is 2.27. The third kappa shape index (κ3) is 2.93. The molecule has 0 spiro atoms. The van der Waals surface area contributed by atoms with Crippen molar-refractivity contribution in [3.8, 4) is 0 Å².